The van der Waals surface area contributed by atoms with Crippen molar-refractivity contribution in [3.8, 4) is 11.3 Å². The zero-order chi connectivity index (χ0) is 24.6. The van der Waals surface area contributed by atoms with Crippen LogP contribution in [0.2, 0.25) is 0 Å². The van der Waals surface area contributed by atoms with Gasteiger partial charge in [-0.1, -0.05) is 6.07 Å². The van der Waals surface area contributed by atoms with E-state index in [-0.39, 0.29) is 60.6 Å². The number of amides is 1. The normalized spacial score (nSPS) is 15.0. The van der Waals surface area contributed by atoms with Crippen molar-refractivity contribution in [3.63, 3.8) is 0 Å². The average molecular weight is 484 g/mol. The number of carbonyl (C=O) groups excluding carboxylic acids is 1. The zero-order valence-electron chi connectivity index (χ0n) is 18.7. The molecule has 0 unspecified atom stereocenters. The second-order valence-corrected chi connectivity index (χ2v) is 8.14. The van der Waals surface area contributed by atoms with E-state index in [2.05, 4.69) is 30.7 Å². The summed E-state index contributed by atoms with van der Waals surface area (Å²) in [6.07, 6.45) is 3.11. The molecule has 4 aromatic rings. The molecule has 0 aliphatic carbocycles. The molecule has 5 rings (SSSR count). The van der Waals surface area contributed by atoms with Crippen molar-refractivity contribution in [1.29, 1.82) is 0 Å². The molecule has 35 heavy (non-hydrogen) atoms. The van der Waals surface area contributed by atoms with E-state index in [1.807, 2.05) is 0 Å². The number of oxazole rings is 1. The minimum absolute atomic E-state index is 0.0357. The van der Waals surface area contributed by atoms with Crippen LogP contribution in [-0.2, 0) is 7.05 Å². The standard InChI is InChI=1S/C22H22F2N8O3/c1-31-11-13(10-26-31)15-3-2-4-17(27-15)28-20(34)14-9-16-18(30-21(35-16)25-6-8-33)29-19(14)32-7-5-22(23,24)12-32/h2-4,9-11,33H,5-8,12H2,1H3,(H,25,29,30)(H,27,28,34). The summed E-state index contributed by atoms with van der Waals surface area (Å²) in [6, 6.07) is 6.67. The van der Waals surface area contributed by atoms with Crippen LogP contribution in [0.4, 0.5) is 26.4 Å². The van der Waals surface area contributed by atoms with E-state index in [4.69, 9.17) is 9.52 Å². The third kappa shape index (κ3) is 4.75. The largest absolute Gasteiger partial charge is 0.422 e. The number of aryl methyl sites for hydroxylation is 1. The van der Waals surface area contributed by atoms with E-state index in [1.165, 1.54) is 11.0 Å². The first-order valence-corrected chi connectivity index (χ1v) is 10.9. The fourth-order valence-corrected chi connectivity index (χ4v) is 3.82. The summed E-state index contributed by atoms with van der Waals surface area (Å²) in [6.45, 7) is -0.467. The molecule has 0 atom stereocenters. The van der Waals surface area contributed by atoms with Gasteiger partial charge in [-0.05, 0) is 12.1 Å². The summed E-state index contributed by atoms with van der Waals surface area (Å²) in [5.41, 5.74) is 1.79. The molecule has 1 fully saturated rings. The number of fused-ring (bicyclic) bond motifs is 1. The smallest absolute Gasteiger partial charge is 0.297 e. The number of aliphatic hydroxyl groups is 1. The van der Waals surface area contributed by atoms with Crippen molar-refractivity contribution < 1.29 is 23.1 Å². The molecule has 3 N–H and O–H groups in total. The van der Waals surface area contributed by atoms with Crippen molar-refractivity contribution in [2.45, 2.75) is 12.3 Å². The fraction of sp³-hybridized carbons (Fsp3) is 0.318. The average Bonchev–Trinajstić information content (AvgIpc) is 3.54. The summed E-state index contributed by atoms with van der Waals surface area (Å²) in [7, 11) is 1.79. The lowest BCUT2D eigenvalue weighted by Gasteiger charge is -2.19. The van der Waals surface area contributed by atoms with Crippen LogP contribution in [0.3, 0.4) is 0 Å². The minimum atomic E-state index is -2.89. The Morgan fingerprint density at radius 2 is 2.14 bits per heavy atom. The second kappa shape index (κ2) is 8.91. The molecule has 4 aromatic heterocycles. The lowest BCUT2D eigenvalue weighted by atomic mass is 10.2. The first-order chi connectivity index (χ1) is 16.8. The van der Waals surface area contributed by atoms with Gasteiger partial charge >= 0.3 is 0 Å². The predicted molar refractivity (Wildman–Crippen MR) is 124 cm³/mol. The number of pyridine rings is 2. The Labute approximate surface area is 197 Å². The molecule has 1 aliphatic rings. The van der Waals surface area contributed by atoms with Crippen molar-refractivity contribution in [1.82, 2.24) is 24.7 Å². The van der Waals surface area contributed by atoms with Crippen LogP contribution in [0, 0.1) is 0 Å². The second-order valence-electron chi connectivity index (χ2n) is 8.14. The number of hydrogen-bond donors (Lipinski definition) is 3. The molecule has 182 valence electrons. The number of nitrogens with one attached hydrogen (secondary N) is 2. The van der Waals surface area contributed by atoms with Crippen LogP contribution in [0.15, 0.2) is 41.1 Å². The molecular formula is C22H22F2N8O3. The Morgan fingerprint density at radius 1 is 1.29 bits per heavy atom. The third-order valence-corrected chi connectivity index (χ3v) is 5.46. The molecule has 0 saturated carbocycles. The fourth-order valence-electron chi connectivity index (χ4n) is 3.82. The minimum Gasteiger partial charge on any atom is -0.422 e. The molecule has 5 heterocycles. The maximum atomic E-state index is 14.0. The van der Waals surface area contributed by atoms with Crippen LogP contribution >= 0.6 is 0 Å². The lowest BCUT2D eigenvalue weighted by Crippen LogP contribution is -2.28. The molecule has 0 aromatic carbocycles. The number of nitrogens with zero attached hydrogens (tertiary/aromatic N) is 6. The number of hydrogen-bond acceptors (Lipinski definition) is 9. The molecule has 13 heteroatoms. The first kappa shape index (κ1) is 22.7. The van der Waals surface area contributed by atoms with Gasteiger partial charge in [0, 0.05) is 44.4 Å². The van der Waals surface area contributed by atoms with Crippen molar-refractivity contribution in [2.24, 2.45) is 7.05 Å². The number of alkyl halides is 2. The Hall–Kier alpha value is -4.13. The SMILES string of the molecule is Cn1cc(-c2cccc(NC(=O)c3cc4oc(NCCO)nc4nc3N3CCC(F)(F)C3)n2)cn1. The van der Waals surface area contributed by atoms with E-state index < -0.39 is 18.4 Å². The van der Waals surface area contributed by atoms with Crippen LogP contribution in [0.5, 0.6) is 0 Å². The van der Waals surface area contributed by atoms with Gasteiger partial charge < -0.3 is 25.1 Å². The summed E-state index contributed by atoms with van der Waals surface area (Å²) in [5, 5.41) is 18.6. The summed E-state index contributed by atoms with van der Waals surface area (Å²) in [5.74, 6) is -3.11. The summed E-state index contributed by atoms with van der Waals surface area (Å²) >= 11 is 0. The van der Waals surface area contributed by atoms with Crippen LogP contribution < -0.4 is 15.5 Å². The highest BCUT2D eigenvalue weighted by Crippen LogP contribution is 2.34. The van der Waals surface area contributed by atoms with Gasteiger partial charge in [-0.3, -0.25) is 9.48 Å². The van der Waals surface area contributed by atoms with Crippen LogP contribution in [-0.4, -0.2) is 67.9 Å². The predicted octanol–water partition coefficient (Wildman–Crippen LogP) is 2.52. The highest BCUT2D eigenvalue weighted by molar-refractivity contribution is 6.08. The molecule has 0 radical (unpaired) electrons. The molecule has 11 nitrogen and oxygen atoms in total. The van der Waals surface area contributed by atoms with Gasteiger partial charge in [0.05, 0.1) is 30.6 Å². The van der Waals surface area contributed by atoms with E-state index in [0.29, 0.717) is 5.69 Å². The monoisotopic (exact) mass is 484 g/mol. The lowest BCUT2D eigenvalue weighted by molar-refractivity contribution is 0.0256. The van der Waals surface area contributed by atoms with Crippen LogP contribution in [0.1, 0.15) is 16.8 Å². The number of anilines is 3. The Bertz CT molecular complexity index is 1390. The highest BCUT2D eigenvalue weighted by Gasteiger charge is 2.40. The molecular weight excluding hydrogens is 462 g/mol. The van der Waals surface area contributed by atoms with E-state index in [0.717, 1.165) is 5.56 Å². The van der Waals surface area contributed by atoms with Gasteiger partial charge in [-0.2, -0.15) is 10.1 Å². The maximum Gasteiger partial charge on any atom is 0.297 e. The number of aliphatic hydroxyl groups excluding tert-OH is 1. The number of carbonyl (C=O) groups is 1. The van der Waals surface area contributed by atoms with Crippen molar-refractivity contribution >= 4 is 34.8 Å². The van der Waals surface area contributed by atoms with Gasteiger partial charge in [-0.25, -0.2) is 18.7 Å². The Balaban J connectivity index is 1.49. The molecule has 0 bridgehead atoms. The maximum absolute atomic E-state index is 14.0. The topological polar surface area (TPSA) is 134 Å². The van der Waals surface area contributed by atoms with Gasteiger partial charge in [0.1, 0.15) is 11.6 Å². The van der Waals surface area contributed by atoms with E-state index >= 15 is 0 Å². The van der Waals surface area contributed by atoms with E-state index in [1.54, 1.807) is 42.3 Å². The highest BCUT2D eigenvalue weighted by atomic mass is 19.3. The molecule has 1 saturated heterocycles. The molecule has 0 spiro atoms. The van der Waals surface area contributed by atoms with Crippen LogP contribution in [0.25, 0.3) is 22.5 Å². The van der Waals surface area contributed by atoms with Crippen molar-refractivity contribution in [3.05, 3.63) is 42.2 Å². The Morgan fingerprint density at radius 3 is 2.86 bits per heavy atom. The number of halogens is 2. The van der Waals surface area contributed by atoms with Gasteiger partial charge in [0.2, 0.25) is 5.65 Å². The Kier molecular flexibility index (Phi) is 5.76. The number of aromatic nitrogens is 5. The first-order valence-electron chi connectivity index (χ1n) is 10.9. The molecule has 1 aliphatic heterocycles. The van der Waals surface area contributed by atoms with Gasteiger partial charge in [0.15, 0.2) is 5.58 Å². The van der Waals surface area contributed by atoms with E-state index in [9.17, 15) is 13.6 Å². The quantitative estimate of drug-likeness (QED) is 0.362. The van der Waals surface area contributed by atoms with Gasteiger partial charge in [0.25, 0.3) is 17.8 Å². The van der Waals surface area contributed by atoms with Crippen molar-refractivity contribution in [2.75, 3.05) is 41.8 Å². The zero-order valence-corrected chi connectivity index (χ0v) is 18.7. The number of rotatable bonds is 7. The van der Waals surface area contributed by atoms with Gasteiger partial charge in [-0.15, -0.1) is 0 Å². The third-order valence-electron chi connectivity index (χ3n) is 5.46. The molecule has 1 amide bonds. The summed E-state index contributed by atoms with van der Waals surface area (Å²) < 4.78 is 35.2. The summed E-state index contributed by atoms with van der Waals surface area (Å²) in [4.78, 5) is 27.7.